The van der Waals surface area contributed by atoms with Crippen LogP contribution in [0.25, 0.3) is 11.4 Å². The van der Waals surface area contributed by atoms with Crippen molar-refractivity contribution in [1.82, 2.24) is 15.0 Å². The molecule has 3 heterocycles. The molecule has 5 rings (SSSR count). The van der Waals surface area contributed by atoms with Crippen molar-refractivity contribution in [3.8, 4) is 11.4 Å². The van der Waals surface area contributed by atoms with Gasteiger partial charge in [-0.3, -0.25) is 14.5 Å². The summed E-state index contributed by atoms with van der Waals surface area (Å²) in [5.41, 5.74) is 3.50. The van der Waals surface area contributed by atoms with Crippen LogP contribution in [0.1, 0.15) is 24.3 Å². The van der Waals surface area contributed by atoms with E-state index in [-0.39, 0.29) is 24.3 Å². The second-order valence-electron chi connectivity index (χ2n) is 8.45. The number of carbonyl (C=O) groups is 2. The molecular formula is C24H25N5O3. The van der Waals surface area contributed by atoms with Gasteiger partial charge in [-0.1, -0.05) is 41.1 Å². The van der Waals surface area contributed by atoms with E-state index >= 15 is 0 Å². The first kappa shape index (κ1) is 20.4. The molecule has 2 aromatic carbocycles. The summed E-state index contributed by atoms with van der Waals surface area (Å²) in [6.45, 7) is 4.04. The Kier molecular flexibility index (Phi) is 5.45. The first-order chi connectivity index (χ1) is 15.6. The second kappa shape index (κ2) is 8.55. The van der Waals surface area contributed by atoms with E-state index in [4.69, 9.17) is 4.52 Å². The van der Waals surface area contributed by atoms with Crippen LogP contribution in [0.2, 0.25) is 0 Å². The molecule has 1 unspecified atom stereocenters. The number of anilines is 2. The van der Waals surface area contributed by atoms with Crippen molar-refractivity contribution in [2.45, 2.75) is 26.3 Å². The third-order valence-electron chi connectivity index (χ3n) is 5.99. The van der Waals surface area contributed by atoms with Gasteiger partial charge in [0.05, 0.1) is 23.8 Å². The van der Waals surface area contributed by atoms with Crippen molar-refractivity contribution >= 4 is 23.2 Å². The number of likely N-dealkylation sites (tertiary alicyclic amines) is 1. The molecule has 1 aromatic heterocycles. The van der Waals surface area contributed by atoms with Crippen LogP contribution in [0, 0.1) is 12.8 Å². The summed E-state index contributed by atoms with van der Waals surface area (Å²) in [7, 11) is 0. The highest BCUT2D eigenvalue weighted by Gasteiger charge is 2.34. The number of nitrogens with one attached hydrogen (secondary N) is 1. The lowest BCUT2D eigenvalue weighted by Gasteiger charge is -2.36. The Balaban J connectivity index is 1.27. The molecule has 2 aliphatic rings. The number of nitrogens with zero attached hydrogens (tertiary/aromatic N) is 4. The van der Waals surface area contributed by atoms with E-state index in [0.29, 0.717) is 30.5 Å². The zero-order valence-electron chi connectivity index (χ0n) is 18.0. The molecule has 1 N–H and O–H groups in total. The number of aromatic nitrogens is 2. The summed E-state index contributed by atoms with van der Waals surface area (Å²) in [5, 5.41) is 6.96. The lowest BCUT2D eigenvalue weighted by atomic mass is 9.95. The second-order valence-corrected chi connectivity index (χ2v) is 8.45. The largest absolute Gasteiger partial charge is 0.338 e. The third kappa shape index (κ3) is 4.13. The highest BCUT2D eigenvalue weighted by molar-refractivity contribution is 6.10. The monoisotopic (exact) mass is 431 g/mol. The average molecular weight is 431 g/mol. The molecule has 3 aromatic rings. The summed E-state index contributed by atoms with van der Waals surface area (Å²) < 4.78 is 5.48. The zero-order valence-corrected chi connectivity index (χ0v) is 18.0. The Bertz CT molecular complexity index is 1160. The van der Waals surface area contributed by atoms with Crippen molar-refractivity contribution < 1.29 is 14.1 Å². The molecule has 0 spiro atoms. The normalized spacial score (nSPS) is 18.8. The van der Waals surface area contributed by atoms with E-state index < -0.39 is 0 Å². The van der Waals surface area contributed by atoms with Gasteiger partial charge in [0, 0.05) is 12.1 Å². The Hall–Kier alpha value is -3.52. The zero-order chi connectivity index (χ0) is 22.1. The SMILES string of the molecule is Cc1cccc(-c2noc(CN3CCCC(C(=O)N4CC(=O)Nc5ccccc54)C3)n2)c1. The Morgan fingerprint density at radius 1 is 1.22 bits per heavy atom. The number of hydrogen-bond acceptors (Lipinski definition) is 6. The number of carbonyl (C=O) groups excluding carboxylic acids is 2. The summed E-state index contributed by atoms with van der Waals surface area (Å²) in [5.74, 6) is 0.755. The molecule has 8 nitrogen and oxygen atoms in total. The van der Waals surface area contributed by atoms with Gasteiger partial charge in [0.25, 0.3) is 0 Å². The molecule has 1 atom stereocenters. The summed E-state index contributed by atoms with van der Waals surface area (Å²) in [4.78, 5) is 33.8. The predicted octanol–water partition coefficient (Wildman–Crippen LogP) is 3.24. The van der Waals surface area contributed by atoms with E-state index in [9.17, 15) is 9.59 Å². The first-order valence-electron chi connectivity index (χ1n) is 10.9. The van der Waals surface area contributed by atoms with Crippen LogP contribution in [-0.2, 0) is 16.1 Å². The maximum atomic E-state index is 13.3. The van der Waals surface area contributed by atoms with Gasteiger partial charge in [-0.05, 0) is 44.5 Å². The van der Waals surface area contributed by atoms with Crippen LogP contribution >= 0.6 is 0 Å². The molecule has 0 radical (unpaired) electrons. The quantitative estimate of drug-likeness (QED) is 0.682. The van der Waals surface area contributed by atoms with Gasteiger partial charge in [-0.15, -0.1) is 0 Å². The van der Waals surface area contributed by atoms with E-state index in [2.05, 4.69) is 20.4 Å². The number of piperidine rings is 1. The first-order valence-corrected chi connectivity index (χ1v) is 10.9. The minimum absolute atomic E-state index is 0.0111. The number of para-hydroxylation sites is 2. The minimum Gasteiger partial charge on any atom is -0.338 e. The van der Waals surface area contributed by atoms with Gasteiger partial charge in [-0.2, -0.15) is 4.98 Å². The topological polar surface area (TPSA) is 91.6 Å². The maximum absolute atomic E-state index is 13.3. The fourth-order valence-corrected chi connectivity index (χ4v) is 4.46. The van der Waals surface area contributed by atoms with Crippen LogP contribution in [0.15, 0.2) is 53.1 Å². The molecule has 2 amide bonds. The Morgan fingerprint density at radius 3 is 2.97 bits per heavy atom. The van der Waals surface area contributed by atoms with Crippen LogP contribution in [0.5, 0.6) is 0 Å². The van der Waals surface area contributed by atoms with Crippen LogP contribution in [0.4, 0.5) is 11.4 Å². The molecular weight excluding hydrogens is 406 g/mol. The fourth-order valence-electron chi connectivity index (χ4n) is 4.46. The highest BCUT2D eigenvalue weighted by atomic mass is 16.5. The van der Waals surface area contributed by atoms with E-state index in [1.54, 1.807) is 4.90 Å². The molecule has 164 valence electrons. The Morgan fingerprint density at radius 2 is 2.09 bits per heavy atom. The van der Waals surface area contributed by atoms with Crippen LogP contribution < -0.4 is 10.2 Å². The van der Waals surface area contributed by atoms with Crippen molar-refractivity contribution in [3.05, 3.63) is 60.0 Å². The smallest absolute Gasteiger partial charge is 0.244 e. The molecule has 1 saturated heterocycles. The summed E-state index contributed by atoms with van der Waals surface area (Å²) >= 11 is 0. The Labute approximate surface area is 186 Å². The van der Waals surface area contributed by atoms with Gasteiger partial charge in [0.2, 0.25) is 23.5 Å². The van der Waals surface area contributed by atoms with Gasteiger partial charge in [0.15, 0.2) is 0 Å². The van der Waals surface area contributed by atoms with Gasteiger partial charge in [0.1, 0.15) is 6.54 Å². The summed E-state index contributed by atoms with van der Waals surface area (Å²) in [6, 6.07) is 15.4. The van der Waals surface area contributed by atoms with E-state index in [1.807, 2.05) is 55.5 Å². The van der Waals surface area contributed by atoms with Crippen molar-refractivity contribution in [3.63, 3.8) is 0 Å². The van der Waals surface area contributed by atoms with E-state index in [1.165, 1.54) is 0 Å². The molecule has 1 fully saturated rings. The number of rotatable bonds is 4. The summed E-state index contributed by atoms with van der Waals surface area (Å²) in [6.07, 6.45) is 1.70. The fraction of sp³-hybridized carbons (Fsp3) is 0.333. The average Bonchev–Trinajstić information content (AvgIpc) is 3.27. The third-order valence-corrected chi connectivity index (χ3v) is 5.99. The minimum atomic E-state index is -0.179. The molecule has 0 saturated carbocycles. The van der Waals surface area contributed by atoms with Gasteiger partial charge in [-0.25, -0.2) is 0 Å². The number of hydrogen-bond donors (Lipinski definition) is 1. The maximum Gasteiger partial charge on any atom is 0.244 e. The standard InChI is InChI=1S/C24H25N5O3/c1-16-6-4-7-17(12-16)23-26-22(32-27-23)15-28-11-5-8-18(13-28)24(31)29-14-21(30)25-19-9-2-3-10-20(19)29/h2-4,6-7,9-10,12,18H,5,8,11,13-15H2,1H3,(H,25,30). The van der Waals surface area contributed by atoms with Crippen molar-refractivity contribution in [1.29, 1.82) is 0 Å². The van der Waals surface area contributed by atoms with Gasteiger partial charge < -0.3 is 14.7 Å². The molecule has 0 aliphatic carbocycles. The van der Waals surface area contributed by atoms with Crippen molar-refractivity contribution in [2.75, 3.05) is 29.9 Å². The number of amides is 2. The molecule has 8 heteroatoms. The highest BCUT2D eigenvalue weighted by Crippen LogP contribution is 2.31. The molecule has 2 aliphatic heterocycles. The van der Waals surface area contributed by atoms with Gasteiger partial charge >= 0.3 is 0 Å². The molecule has 0 bridgehead atoms. The van der Waals surface area contributed by atoms with Crippen molar-refractivity contribution in [2.24, 2.45) is 5.92 Å². The predicted molar refractivity (Wildman–Crippen MR) is 120 cm³/mol. The number of benzene rings is 2. The lowest BCUT2D eigenvalue weighted by Crippen LogP contribution is -2.48. The van der Waals surface area contributed by atoms with Crippen LogP contribution in [-0.4, -0.2) is 46.5 Å². The number of fused-ring (bicyclic) bond motifs is 1. The molecule has 32 heavy (non-hydrogen) atoms. The van der Waals surface area contributed by atoms with E-state index in [0.717, 1.165) is 36.2 Å². The lowest BCUT2D eigenvalue weighted by molar-refractivity contribution is -0.126. The van der Waals surface area contributed by atoms with Crippen LogP contribution in [0.3, 0.4) is 0 Å². The number of aryl methyl sites for hydroxylation is 1.